The van der Waals surface area contributed by atoms with Gasteiger partial charge < -0.3 is 10.1 Å². The summed E-state index contributed by atoms with van der Waals surface area (Å²) < 4.78 is 6.06. The second kappa shape index (κ2) is 6.39. The Morgan fingerprint density at radius 3 is 2.81 bits per heavy atom. The van der Waals surface area contributed by atoms with Gasteiger partial charge in [0.2, 0.25) is 0 Å². The smallest absolute Gasteiger partial charge is 0.133 e. The van der Waals surface area contributed by atoms with E-state index in [0.717, 1.165) is 22.3 Å². The second-order valence-electron chi connectivity index (χ2n) is 3.46. The van der Waals surface area contributed by atoms with Gasteiger partial charge in [-0.15, -0.1) is 0 Å². The Bertz CT molecular complexity index is 387. The van der Waals surface area contributed by atoms with E-state index in [0.29, 0.717) is 6.42 Å². The van der Waals surface area contributed by atoms with Crippen molar-refractivity contribution in [3.05, 3.63) is 22.7 Å². The lowest BCUT2D eigenvalue weighted by Gasteiger charge is -2.15. The van der Waals surface area contributed by atoms with Crippen molar-refractivity contribution in [2.45, 2.75) is 25.8 Å². The fourth-order valence-corrected chi connectivity index (χ4v) is 1.94. The zero-order chi connectivity index (χ0) is 12.0. The Balaban J connectivity index is 2.74. The summed E-state index contributed by atoms with van der Waals surface area (Å²) in [4.78, 5) is 0. The van der Waals surface area contributed by atoms with E-state index < -0.39 is 0 Å². The van der Waals surface area contributed by atoms with Crippen LogP contribution in [0.2, 0.25) is 0 Å². The third-order valence-corrected chi connectivity index (χ3v) is 2.97. The standard InChI is InChI=1S/C12H15BrN2O/c1-3-9(6-7-14)15-10-4-5-12(16-2)11(13)8-10/h4-5,8-9,15H,3,6H2,1-2H3. The molecule has 0 heterocycles. The molecule has 86 valence electrons. The highest BCUT2D eigenvalue weighted by molar-refractivity contribution is 9.10. The van der Waals surface area contributed by atoms with Gasteiger partial charge in [0.1, 0.15) is 5.75 Å². The first-order chi connectivity index (χ1) is 7.71. The van der Waals surface area contributed by atoms with Gasteiger partial charge in [-0.25, -0.2) is 0 Å². The largest absolute Gasteiger partial charge is 0.496 e. The minimum absolute atomic E-state index is 0.199. The van der Waals surface area contributed by atoms with Crippen LogP contribution in [0.3, 0.4) is 0 Å². The fraction of sp³-hybridized carbons (Fsp3) is 0.417. The van der Waals surface area contributed by atoms with Gasteiger partial charge in [0.25, 0.3) is 0 Å². The summed E-state index contributed by atoms with van der Waals surface area (Å²) in [6, 6.07) is 8.18. The van der Waals surface area contributed by atoms with Crippen LogP contribution in [0, 0.1) is 11.3 Å². The van der Waals surface area contributed by atoms with E-state index in [1.807, 2.05) is 18.2 Å². The highest BCUT2D eigenvalue weighted by atomic mass is 79.9. The number of benzene rings is 1. The van der Waals surface area contributed by atoms with Gasteiger partial charge >= 0.3 is 0 Å². The van der Waals surface area contributed by atoms with E-state index in [2.05, 4.69) is 34.2 Å². The maximum Gasteiger partial charge on any atom is 0.133 e. The summed E-state index contributed by atoms with van der Waals surface area (Å²) in [6.07, 6.45) is 1.44. The molecular weight excluding hydrogens is 268 g/mol. The van der Waals surface area contributed by atoms with Gasteiger partial charge in [0.15, 0.2) is 0 Å². The zero-order valence-corrected chi connectivity index (χ0v) is 11.0. The molecule has 1 aromatic rings. The second-order valence-corrected chi connectivity index (χ2v) is 4.32. The van der Waals surface area contributed by atoms with Crippen molar-refractivity contribution in [3.8, 4) is 11.8 Å². The number of nitriles is 1. The Hall–Kier alpha value is -1.21. The van der Waals surface area contributed by atoms with E-state index in [1.54, 1.807) is 7.11 Å². The molecular formula is C12H15BrN2O. The van der Waals surface area contributed by atoms with Crippen LogP contribution in [0.25, 0.3) is 0 Å². The third-order valence-electron chi connectivity index (χ3n) is 2.35. The molecule has 1 unspecified atom stereocenters. The summed E-state index contributed by atoms with van der Waals surface area (Å²) in [7, 11) is 1.64. The number of hydrogen-bond donors (Lipinski definition) is 1. The van der Waals surface area contributed by atoms with E-state index in [-0.39, 0.29) is 6.04 Å². The van der Waals surface area contributed by atoms with Crippen molar-refractivity contribution in [3.63, 3.8) is 0 Å². The molecule has 0 fully saturated rings. The Morgan fingerprint density at radius 2 is 2.31 bits per heavy atom. The quantitative estimate of drug-likeness (QED) is 0.898. The molecule has 0 radical (unpaired) electrons. The SMILES string of the molecule is CCC(CC#N)Nc1ccc(OC)c(Br)c1. The first-order valence-corrected chi connectivity index (χ1v) is 5.97. The van der Waals surface area contributed by atoms with Crippen molar-refractivity contribution in [2.24, 2.45) is 0 Å². The molecule has 0 aliphatic rings. The number of ether oxygens (including phenoxy) is 1. The van der Waals surface area contributed by atoms with Gasteiger partial charge in [-0.3, -0.25) is 0 Å². The molecule has 0 aromatic heterocycles. The van der Waals surface area contributed by atoms with Gasteiger partial charge in [-0.2, -0.15) is 5.26 Å². The molecule has 0 saturated carbocycles. The van der Waals surface area contributed by atoms with Gasteiger partial charge in [0, 0.05) is 11.7 Å². The normalized spacial score (nSPS) is 11.6. The highest BCUT2D eigenvalue weighted by Gasteiger charge is 2.07. The van der Waals surface area contributed by atoms with Crippen molar-refractivity contribution < 1.29 is 4.74 Å². The van der Waals surface area contributed by atoms with Gasteiger partial charge in [-0.05, 0) is 40.5 Å². The highest BCUT2D eigenvalue weighted by Crippen LogP contribution is 2.28. The Morgan fingerprint density at radius 1 is 1.56 bits per heavy atom. The third kappa shape index (κ3) is 3.42. The summed E-state index contributed by atoms with van der Waals surface area (Å²) in [5, 5.41) is 12.0. The number of methoxy groups -OCH3 is 1. The monoisotopic (exact) mass is 282 g/mol. The molecule has 1 rings (SSSR count). The van der Waals surface area contributed by atoms with E-state index in [9.17, 15) is 0 Å². The molecule has 0 saturated heterocycles. The minimum atomic E-state index is 0.199. The zero-order valence-electron chi connectivity index (χ0n) is 9.46. The predicted octanol–water partition coefficient (Wildman–Crippen LogP) is 3.56. The van der Waals surface area contributed by atoms with Crippen LogP contribution in [0.1, 0.15) is 19.8 Å². The maximum absolute atomic E-state index is 8.66. The lowest BCUT2D eigenvalue weighted by atomic mass is 10.1. The average Bonchev–Trinajstić information content (AvgIpc) is 2.28. The van der Waals surface area contributed by atoms with Crippen LogP contribution in [-0.2, 0) is 0 Å². The van der Waals surface area contributed by atoms with Crippen LogP contribution in [0.4, 0.5) is 5.69 Å². The summed E-state index contributed by atoms with van der Waals surface area (Å²) >= 11 is 3.43. The first-order valence-electron chi connectivity index (χ1n) is 5.18. The number of halogens is 1. The fourth-order valence-electron chi connectivity index (χ4n) is 1.40. The van der Waals surface area contributed by atoms with E-state index in [1.165, 1.54) is 0 Å². The lowest BCUT2D eigenvalue weighted by Crippen LogP contribution is -2.17. The van der Waals surface area contributed by atoms with Crippen LogP contribution in [0.5, 0.6) is 5.75 Å². The average molecular weight is 283 g/mol. The lowest BCUT2D eigenvalue weighted by molar-refractivity contribution is 0.412. The number of anilines is 1. The summed E-state index contributed by atoms with van der Waals surface area (Å²) in [5.41, 5.74) is 0.995. The summed E-state index contributed by atoms with van der Waals surface area (Å²) in [6.45, 7) is 2.06. The molecule has 0 aliphatic carbocycles. The van der Waals surface area contributed by atoms with Gasteiger partial charge in [0.05, 0.1) is 24.1 Å². The van der Waals surface area contributed by atoms with E-state index in [4.69, 9.17) is 10.00 Å². The van der Waals surface area contributed by atoms with Crippen molar-refractivity contribution in [1.82, 2.24) is 0 Å². The van der Waals surface area contributed by atoms with Crippen LogP contribution >= 0.6 is 15.9 Å². The molecule has 0 aliphatic heterocycles. The Labute approximate surface area is 105 Å². The van der Waals surface area contributed by atoms with Crippen LogP contribution in [-0.4, -0.2) is 13.2 Å². The number of rotatable bonds is 5. The van der Waals surface area contributed by atoms with Crippen molar-refractivity contribution in [2.75, 3.05) is 12.4 Å². The molecule has 4 heteroatoms. The molecule has 1 aromatic carbocycles. The molecule has 16 heavy (non-hydrogen) atoms. The number of nitrogens with one attached hydrogen (secondary N) is 1. The minimum Gasteiger partial charge on any atom is -0.496 e. The maximum atomic E-state index is 8.66. The number of nitrogens with zero attached hydrogens (tertiary/aromatic N) is 1. The topological polar surface area (TPSA) is 45.0 Å². The predicted molar refractivity (Wildman–Crippen MR) is 68.6 cm³/mol. The molecule has 1 atom stereocenters. The van der Waals surface area contributed by atoms with Gasteiger partial charge in [-0.1, -0.05) is 6.92 Å². The van der Waals surface area contributed by atoms with Crippen molar-refractivity contribution >= 4 is 21.6 Å². The van der Waals surface area contributed by atoms with Crippen molar-refractivity contribution in [1.29, 1.82) is 5.26 Å². The van der Waals surface area contributed by atoms with E-state index >= 15 is 0 Å². The molecule has 3 nitrogen and oxygen atoms in total. The molecule has 0 spiro atoms. The number of hydrogen-bond acceptors (Lipinski definition) is 3. The molecule has 0 amide bonds. The molecule has 0 bridgehead atoms. The Kier molecular flexibility index (Phi) is 5.13. The van der Waals surface area contributed by atoms with Crippen LogP contribution in [0.15, 0.2) is 22.7 Å². The summed E-state index contributed by atoms with van der Waals surface area (Å²) in [5.74, 6) is 0.805. The molecule has 1 N–H and O–H groups in total. The first kappa shape index (κ1) is 12.9. The van der Waals surface area contributed by atoms with Crippen LogP contribution < -0.4 is 10.1 Å².